The Balaban J connectivity index is 2.38. The van der Waals surface area contributed by atoms with Crippen molar-refractivity contribution in [2.24, 2.45) is 5.41 Å². The molecular formula is C18H24O2. The van der Waals surface area contributed by atoms with Crippen LogP contribution in [0.1, 0.15) is 39.7 Å². The van der Waals surface area contributed by atoms with Crippen molar-refractivity contribution < 1.29 is 10.2 Å². The molecule has 1 aromatic carbocycles. The summed E-state index contributed by atoms with van der Waals surface area (Å²) in [6, 6.07) is 10.2. The summed E-state index contributed by atoms with van der Waals surface area (Å²) in [5, 5.41) is 21.1. The van der Waals surface area contributed by atoms with E-state index in [0.29, 0.717) is 6.42 Å². The minimum atomic E-state index is -1.000. The first-order valence-corrected chi connectivity index (χ1v) is 7.07. The van der Waals surface area contributed by atoms with E-state index in [4.69, 9.17) is 0 Å². The van der Waals surface area contributed by atoms with Crippen molar-refractivity contribution in [1.82, 2.24) is 0 Å². The lowest BCUT2D eigenvalue weighted by Gasteiger charge is -2.50. The van der Waals surface area contributed by atoms with E-state index in [2.05, 4.69) is 18.2 Å². The van der Waals surface area contributed by atoms with Gasteiger partial charge in [-0.25, -0.2) is 0 Å². The monoisotopic (exact) mass is 272 g/mol. The summed E-state index contributed by atoms with van der Waals surface area (Å²) in [6.45, 7) is 7.04. The molecule has 0 spiro atoms. The highest BCUT2D eigenvalue weighted by atomic mass is 16.3. The van der Waals surface area contributed by atoms with E-state index < -0.39 is 16.6 Å². The summed E-state index contributed by atoms with van der Waals surface area (Å²) in [4.78, 5) is 0. The van der Waals surface area contributed by atoms with E-state index in [1.54, 1.807) is 27.7 Å². The third-order valence-corrected chi connectivity index (χ3v) is 4.48. The van der Waals surface area contributed by atoms with Crippen LogP contribution in [0.5, 0.6) is 0 Å². The zero-order valence-electron chi connectivity index (χ0n) is 12.7. The molecule has 2 rings (SSSR count). The van der Waals surface area contributed by atoms with Crippen LogP contribution >= 0.6 is 0 Å². The van der Waals surface area contributed by atoms with Gasteiger partial charge in [-0.3, -0.25) is 0 Å². The fourth-order valence-electron chi connectivity index (χ4n) is 3.14. The Labute approximate surface area is 121 Å². The molecule has 2 nitrogen and oxygen atoms in total. The van der Waals surface area contributed by atoms with Gasteiger partial charge in [0.1, 0.15) is 0 Å². The lowest BCUT2D eigenvalue weighted by molar-refractivity contribution is -0.137. The highest BCUT2D eigenvalue weighted by Gasteiger charge is 2.52. The van der Waals surface area contributed by atoms with Crippen molar-refractivity contribution in [2.45, 2.75) is 45.3 Å². The van der Waals surface area contributed by atoms with Gasteiger partial charge in [-0.05, 0) is 45.3 Å². The van der Waals surface area contributed by atoms with Gasteiger partial charge in [-0.2, -0.15) is 0 Å². The van der Waals surface area contributed by atoms with E-state index in [9.17, 15) is 10.2 Å². The molecular weight excluding hydrogens is 248 g/mol. The second-order valence-corrected chi connectivity index (χ2v) is 6.65. The van der Waals surface area contributed by atoms with Crippen LogP contribution in [0.2, 0.25) is 0 Å². The first-order valence-electron chi connectivity index (χ1n) is 7.07. The van der Waals surface area contributed by atoms with Gasteiger partial charge < -0.3 is 10.2 Å². The molecule has 0 heterocycles. The molecule has 0 saturated heterocycles. The zero-order valence-corrected chi connectivity index (χ0v) is 12.7. The van der Waals surface area contributed by atoms with E-state index in [-0.39, 0.29) is 0 Å². The summed E-state index contributed by atoms with van der Waals surface area (Å²) in [6.07, 6.45) is 6.69. The molecule has 0 atom stereocenters. The largest absolute Gasteiger partial charge is 0.389 e. The fraction of sp³-hybridized carbons (Fsp3) is 0.444. The second kappa shape index (κ2) is 4.87. The van der Waals surface area contributed by atoms with Gasteiger partial charge in [0.15, 0.2) is 0 Å². The van der Waals surface area contributed by atoms with Gasteiger partial charge in [0.2, 0.25) is 0 Å². The molecule has 0 fully saturated rings. The van der Waals surface area contributed by atoms with Crippen LogP contribution in [0.15, 0.2) is 48.6 Å². The lowest BCUT2D eigenvalue weighted by Crippen LogP contribution is -2.56. The van der Waals surface area contributed by atoms with Crippen LogP contribution in [0.25, 0.3) is 5.57 Å². The van der Waals surface area contributed by atoms with Crippen molar-refractivity contribution in [3.05, 3.63) is 54.1 Å². The standard InChI is InChI=1S/C18H24O2/c1-16(2,19)18(17(3,4)20)12-10-15(11-13-18)14-8-6-5-7-9-14/h5-12,19-20H,13H2,1-4H3. The average molecular weight is 272 g/mol. The summed E-state index contributed by atoms with van der Waals surface area (Å²) in [7, 11) is 0. The Morgan fingerprint density at radius 3 is 1.90 bits per heavy atom. The maximum atomic E-state index is 10.5. The van der Waals surface area contributed by atoms with Crippen LogP contribution in [0.3, 0.4) is 0 Å². The van der Waals surface area contributed by atoms with Crippen molar-refractivity contribution in [2.75, 3.05) is 0 Å². The molecule has 0 aromatic heterocycles. The van der Waals surface area contributed by atoms with Crippen LogP contribution < -0.4 is 0 Å². The van der Waals surface area contributed by atoms with Gasteiger partial charge >= 0.3 is 0 Å². The Morgan fingerprint density at radius 1 is 0.950 bits per heavy atom. The molecule has 1 aliphatic carbocycles. The lowest BCUT2D eigenvalue weighted by atomic mass is 9.60. The van der Waals surface area contributed by atoms with Crippen molar-refractivity contribution in [1.29, 1.82) is 0 Å². The topological polar surface area (TPSA) is 40.5 Å². The van der Waals surface area contributed by atoms with E-state index in [1.165, 1.54) is 0 Å². The molecule has 0 aliphatic heterocycles. The Hall–Kier alpha value is -1.38. The van der Waals surface area contributed by atoms with Crippen LogP contribution in [-0.4, -0.2) is 21.4 Å². The third-order valence-electron chi connectivity index (χ3n) is 4.48. The summed E-state index contributed by atoms with van der Waals surface area (Å²) in [5.41, 5.74) is -0.391. The summed E-state index contributed by atoms with van der Waals surface area (Å²) in [5.74, 6) is 0. The number of benzene rings is 1. The fourth-order valence-corrected chi connectivity index (χ4v) is 3.14. The SMILES string of the molecule is CC(C)(O)C1(C(C)(C)O)C=CC(c2ccccc2)=CC1. The van der Waals surface area contributed by atoms with Gasteiger partial charge in [0.05, 0.1) is 11.2 Å². The number of hydrogen-bond donors (Lipinski definition) is 2. The third kappa shape index (κ3) is 2.46. The molecule has 20 heavy (non-hydrogen) atoms. The molecule has 0 unspecified atom stereocenters. The number of hydrogen-bond acceptors (Lipinski definition) is 2. The van der Waals surface area contributed by atoms with Gasteiger partial charge in [0.25, 0.3) is 0 Å². The highest BCUT2D eigenvalue weighted by Crippen LogP contribution is 2.49. The van der Waals surface area contributed by atoms with Crippen molar-refractivity contribution in [3.8, 4) is 0 Å². The second-order valence-electron chi connectivity index (χ2n) is 6.65. The molecule has 1 aromatic rings. The predicted octanol–water partition coefficient (Wildman–Crippen LogP) is 3.56. The van der Waals surface area contributed by atoms with E-state index in [1.807, 2.05) is 30.4 Å². The number of rotatable bonds is 3. The van der Waals surface area contributed by atoms with Crippen LogP contribution in [0.4, 0.5) is 0 Å². The van der Waals surface area contributed by atoms with Crippen LogP contribution in [-0.2, 0) is 0 Å². The first-order chi connectivity index (χ1) is 9.17. The molecule has 1 aliphatic rings. The van der Waals surface area contributed by atoms with Gasteiger partial charge in [0, 0.05) is 5.41 Å². The molecule has 0 saturated carbocycles. The maximum absolute atomic E-state index is 10.5. The van der Waals surface area contributed by atoms with E-state index in [0.717, 1.165) is 11.1 Å². The Kier molecular flexibility index (Phi) is 3.66. The normalized spacial score (nSPS) is 18.8. The van der Waals surface area contributed by atoms with Crippen molar-refractivity contribution in [3.63, 3.8) is 0 Å². The maximum Gasteiger partial charge on any atom is 0.0712 e. The molecule has 2 N–H and O–H groups in total. The first kappa shape index (κ1) is 15.0. The predicted molar refractivity (Wildman–Crippen MR) is 83.2 cm³/mol. The summed E-state index contributed by atoms with van der Waals surface area (Å²) < 4.78 is 0. The van der Waals surface area contributed by atoms with Crippen LogP contribution in [0, 0.1) is 5.41 Å². The molecule has 0 bridgehead atoms. The Morgan fingerprint density at radius 2 is 1.50 bits per heavy atom. The van der Waals surface area contributed by atoms with E-state index >= 15 is 0 Å². The zero-order chi connectivity index (χ0) is 15.0. The van der Waals surface area contributed by atoms with Crippen molar-refractivity contribution >= 4 is 5.57 Å². The Bertz CT molecular complexity index is 511. The molecule has 108 valence electrons. The number of aliphatic hydroxyl groups is 2. The highest BCUT2D eigenvalue weighted by molar-refractivity contribution is 5.75. The molecule has 2 heteroatoms. The minimum Gasteiger partial charge on any atom is -0.389 e. The molecule has 0 amide bonds. The smallest absolute Gasteiger partial charge is 0.0712 e. The average Bonchev–Trinajstić information content (AvgIpc) is 2.37. The summed E-state index contributed by atoms with van der Waals surface area (Å²) >= 11 is 0. The molecule has 0 radical (unpaired) electrons. The van der Waals surface area contributed by atoms with Gasteiger partial charge in [-0.1, -0.05) is 48.6 Å². The number of allylic oxidation sites excluding steroid dienone is 3. The van der Waals surface area contributed by atoms with Gasteiger partial charge in [-0.15, -0.1) is 0 Å². The quantitative estimate of drug-likeness (QED) is 0.883. The minimum absolute atomic E-state index is 0.612.